The fourth-order valence-electron chi connectivity index (χ4n) is 1.26. The topological polar surface area (TPSA) is 61.3 Å². The van der Waals surface area contributed by atoms with E-state index in [2.05, 4.69) is 5.16 Å². The second-order valence-electron chi connectivity index (χ2n) is 2.83. The van der Waals surface area contributed by atoms with Gasteiger partial charge in [0.2, 0.25) is 0 Å². The van der Waals surface area contributed by atoms with Gasteiger partial charge in [0.25, 0.3) is 0 Å². The lowest BCUT2D eigenvalue weighted by atomic mass is 10.2. The zero-order valence-corrected chi connectivity index (χ0v) is 7.28. The molecule has 4 nitrogen and oxygen atoms in total. The van der Waals surface area contributed by atoms with Crippen LogP contribution in [0.5, 0.6) is 0 Å². The number of nitrogens with zero attached hydrogens (tertiary/aromatic N) is 1. The molecule has 1 aromatic carbocycles. The summed E-state index contributed by atoms with van der Waals surface area (Å²) in [5.41, 5.74) is 7.31. The molecule has 2 aromatic rings. The summed E-state index contributed by atoms with van der Waals surface area (Å²) in [5, 5.41) is 4.51. The number of benzene rings is 1. The molecule has 0 saturated carbocycles. The van der Waals surface area contributed by atoms with E-state index in [1.165, 1.54) is 0 Å². The predicted octanol–water partition coefficient (Wildman–Crippen LogP) is 1.56. The van der Waals surface area contributed by atoms with Gasteiger partial charge >= 0.3 is 0 Å². The van der Waals surface area contributed by atoms with Crippen molar-refractivity contribution in [3.63, 3.8) is 0 Å². The molecule has 0 aliphatic rings. The molecular weight excluding hydrogens is 168 g/mol. The van der Waals surface area contributed by atoms with E-state index in [0.29, 0.717) is 18.0 Å². The first-order valence-electron chi connectivity index (χ1n) is 3.94. The van der Waals surface area contributed by atoms with E-state index >= 15 is 0 Å². The minimum absolute atomic E-state index is 0.430. The van der Waals surface area contributed by atoms with Gasteiger partial charge in [0.05, 0.1) is 12.0 Å². The van der Waals surface area contributed by atoms with Gasteiger partial charge in [-0.15, -0.1) is 0 Å². The highest BCUT2D eigenvalue weighted by Crippen LogP contribution is 2.21. The Morgan fingerprint density at radius 3 is 3.15 bits per heavy atom. The molecule has 4 heteroatoms. The summed E-state index contributed by atoms with van der Waals surface area (Å²) in [6.07, 6.45) is 0. The first-order chi connectivity index (χ1) is 6.31. The number of nitrogen functional groups attached to an aromatic ring is 1. The van der Waals surface area contributed by atoms with Gasteiger partial charge in [-0.3, -0.25) is 0 Å². The highest BCUT2D eigenvalue weighted by atomic mass is 16.5. The third-order valence-electron chi connectivity index (χ3n) is 1.88. The number of rotatable bonds is 2. The highest BCUT2D eigenvalue weighted by Gasteiger charge is 2.04. The molecular formula is C9H10N2O2. The largest absolute Gasteiger partial charge is 0.380 e. The van der Waals surface area contributed by atoms with Gasteiger partial charge in [0.1, 0.15) is 0 Å². The Morgan fingerprint density at radius 2 is 2.38 bits per heavy atom. The maximum atomic E-state index is 5.56. The van der Waals surface area contributed by atoms with Crippen LogP contribution in [-0.4, -0.2) is 12.3 Å². The van der Waals surface area contributed by atoms with Crippen molar-refractivity contribution in [1.29, 1.82) is 0 Å². The Kier molecular flexibility index (Phi) is 1.90. The van der Waals surface area contributed by atoms with Gasteiger partial charge in [-0.2, -0.15) is 0 Å². The van der Waals surface area contributed by atoms with Crippen LogP contribution in [0.25, 0.3) is 11.0 Å². The molecule has 2 rings (SSSR count). The lowest BCUT2D eigenvalue weighted by Crippen LogP contribution is -1.87. The lowest BCUT2D eigenvalue weighted by molar-refractivity contribution is 0.185. The number of aromatic nitrogens is 1. The molecule has 0 spiro atoms. The van der Waals surface area contributed by atoms with E-state index in [-0.39, 0.29) is 0 Å². The Balaban J connectivity index is 2.50. The summed E-state index contributed by atoms with van der Waals surface area (Å²) in [4.78, 5) is 0. The van der Waals surface area contributed by atoms with Crippen LogP contribution in [0.3, 0.4) is 0 Å². The molecule has 13 heavy (non-hydrogen) atoms. The normalized spacial score (nSPS) is 10.8. The molecule has 0 radical (unpaired) electrons. The van der Waals surface area contributed by atoms with E-state index in [1.54, 1.807) is 7.11 Å². The number of nitrogens with two attached hydrogens (primary N) is 1. The van der Waals surface area contributed by atoms with Crippen LogP contribution in [0.15, 0.2) is 22.7 Å². The molecule has 0 unspecified atom stereocenters. The van der Waals surface area contributed by atoms with Crippen molar-refractivity contribution < 1.29 is 9.26 Å². The van der Waals surface area contributed by atoms with Gasteiger partial charge in [0, 0.05) is 7.11 Å². The third kappa shape index (κ3) is 1.36. The number of ether oxygens (including phenoxy) is 1. The van der Waals surface area contributed by atoms with E-state index in [0.717, 1.165) is 10.9 Å². The van der Waals surface area contributed by atoms with E-state index < -0.39 is 0 Å². The van der Waals surface area contributed by atoms with Crippen molar-refractivity contribution >= 4 is 16.8 Å². The molecule has 0 fully saturated rings. The average Bonchev–Trinajstić information content (AvgIpc) is 2.48. The number of hydrogen-bond acceptors (Lipinski definition) is 4. The van der Waals surface area contributed by atoms with Crippen LogP contribution in [0.2, 0.25) is 0 Å². The van der Waals surface area contributed by atoms with Crippen LogP contribution in [-0.2, 0) is 11.3 Å². The van der Waals surface area contributed by atoms with Crippen LogP contribution < -0.4 is 5.73 Å². The highest BCUT2D eigenvalue weighted by molar-refractivity contribution is 5.87. The molecule has 0 bridgehead atoms. The summed E-state index contributed by atoms with van der Waals surface area (Å²) >= 11 is 0. The Morgan fingerprint density at radius 1 is 1.54 bits per heavy atom. The van der Waals surface area contributed by atoms with Crippen molar-refractivity contribution in [3.05, 3.63) is 23.8 Å². The summed E-state index contributed by atoms with van der Waals surface area (Å²) < 4.78 is 10.00. The Labute approximate surface area is 75.3 Å². The van der Waals surface area contributed by atoms with Crippen LogP contribution >= 0.6 is 0 Å². The number of anilines is 1. The van der Waals surface area contributed by atoms with Crippen molar-refractivity contribution in [1.82, 2.24) is 5.16 Å². The van der Waals surface area contributed by atoms with E-state index in [9.17, 15) is 0 Å². The van der Waals surface area contributed by atoms with Crippen LogP contribution in [0.1, 0.15) is 5.56 Å². The SMILES string of the molecule is COCc1ccc2c(N)noc2c1. The van der Waals surface area contributed by atoms with Gasteiger partial charge < -0.3 is 15.0 Å². The lowest BCUT2D eigenvalue weighted by Gasteiger charge is -1.97. The predicted molar refractivity (Wildman–Crippen MR) is 49.1 cm³/mol. The number of fused-ring (bicyclic) bond motifs is 1. The summed E-state index contributed by atoms with van der Waals surface area (Å²) in [6, 6.07) is 5.71. The van der Waals surface area contributed by atoms with Crippen LogP contribution in [0, 0.1) is 0 Å². The zero-order valence-electron chi connectivity index (χ0n) is 7.28. The van der Waals surface area contributed by atoms with Crippen molar-refractivity contribution in [2.45, 2.75) is 6.61 Å². The maximum Gasteiger partial charge on any atom is 0.174 e. The van der Waals surface area contributed by atoms with E-state index in [1.807, 2.05) is 18.2 Å². The molecule has 0 aliphatic heterocycles. The second-order valence-corrected chi connectivity index (χ2v) is 2.83. The minimum atomic E-state index is 0.430. The fraction of sp³-hybridized carbons (Fsp3) is 0.222. The average molecular weight is 178 g/mol. The maximum absolute atomic E-state index is 5.56. The molecule has 0 aliphatic carbocycles. The van der Waals surface area contributed by atoms with E-state index in [4.69, 9.17) is 15.0 Å². The summed E-state index contributed by atoms with van der Waals surface area (Å²) in [6.45, 7) is 0.566. The number of hydrogen-bond donors (Lipinski definition) is 1. The quantitative estimate of drug-likeness (QED) is 0.758. The van der Waals surface area contributed by atoms with Crippen molar-refractivity contribution in [2.24, 2.45) is 0 Å². The molecule has 2 N–H and O–H groups in total. The zero-order chi connectivity index (χ0) is 9.26. The Bertz CT molecular complexity index is 422. The fourth-order valence-corrected chi connectivity index (χ4v) is 1.26. The minimum Gasteiger partial charge on any atom is -0.380 e. The monoisotopic (exact) mass is 178 g/mol. The molecule has 0 amide bonds. The molecule has 1 aromatic heterocycles. The Hall–Kier alpha value is -1.55. The van der Waals surface area contributed by atoms with Crippen molar-refractivity contribution in [2.75, 3.05) is 12.8 Å². The molecule has 68 valence electrons. The first kappa shape index (κ1) is 8.07. The standard InChI is InChI=1S/C9H10N2O2/c1-12-5-6-2-3-7-8(4-6)13-11-9(7)10/h2-4H,5H2,1H3,(H2,10,11). The third-order valence-corrected chi connectivity index (χ3v) is 1.88. The summed E-state index contributed by atoms with van der Waals surface area (Å²) in [7, 11) is 1.65. The molecule has 1 heterocycles. The van der Waals surface area contributed by atoms with Gasteiger partial charge in [0.15, 0.2) is 11.4 Å². The van der Waals surface area contributed by atoms with Gasteiger partial charge in [-0.1, -0.05) is 11.2 Å². The van der Waals surface area contributed by atoms with Crippen LogP contribution in [0.4, 0.5) is 5.82 Å². The second kappa shape index (κ2) is 3.06. The van der Waals surface area contributed by atoms with Gasteiger partial charge in [-0.25, -0.2) is 0 Å². The molecule has 0 saturated heterocycles. The molecule has 0 atom stereocenters. The first-order valence-corrected chi connectivity index (χ1v) is 3.94. The summed E-state index contributed by atoms with van der Waals surface area (Å²) in [5.74, 6) is 0.430. The smallest absolute Gasteiger partial charge is 0.174 e. The van der Waals surface area contributed by atoms with Gasteiger partial charge in [-0.05, 0) is 17.7 Å². The number of methoxy groups -OCH3 is 1. The van der Waals surface area contributed by atoms with Crippen molar-refractivity contribution in [3.8, 4) is 0 Å².